The molecule has 7 heteroatoms. The van der Waals surface area contributed by atoms with Crippen LogP contribution in [0.15, 0.2) is 96.6 Å². The summed E-state index contributed by atoms with van der Waals surface area (Å²) in [5.41, 5.74) is 7.42. The number of hydrogen-bond acceptors (Lipinski definition) is 5. The van der Waals surface area contributed by atoms with Crippen LogP contribution in [-0.4, -0.2) is 43.1 Å². The van der Waals surface area contributed by atoms with Gasteiger partial charge in [0.15, 0.2) is 5.71 Å². The van der Waals surface area contributed by atoms with Gasteiger partial charge in [-0.3, -0.25) is 0 Å². The van der Waals surface area contributed by atoms with Crippen LogP contribution in [0.3, 0.4) is 0 Å². The van der Waals surface area contributed by atoms with Crippen molar-refractivity contribution in [1.29, 1.82) is 0 Å². The van der Waals surface area contributed by atoms with Crippen LogP contribution in [-0.2, 0) is 6.42 Å². The Labute approximate surface area is 204 Å². The largest absolute Gasteiger partial charge is 0.378 e. The van der Waals surface area contributed by atoms with E-state index in [0.29, 0.717) is 0 Å². The molecule has 0 unspecified atom stereocenters. The summed E-state index contributed by atoms with van der Waals surface area (Å²) in [5.74, 6) is 0. The van der Waals surface area contributed by atoms with Gasteiger partial charge in [-0.2, -0.15) is 32.0 Å². The average Bonchev–Trinajstić information content (AvgIpc) is 2.79. The zero-order valence-corrected chi connectivity index (χ0v) is 20.6. The van der Waals surface area contributed by atoms with E-state index in [1.165, 1.54) is 33.7 Å². The number of hydrogen-bond donors (Lipinski definition) is 1. The smallest absolute Gasteiger partial charge is 0.199 e. The topological polar surface area (TPSA) is 95.7 Å². The molecule has 2 aromatic rings. The highest BCUT2D eigenvalue weighted by atomic mass is 35.7. The number of halogens is 1. The predicted molar refractivity (Wildman–Crippen MR) is 129 cm³/mol. The Morgan fingerprint density at radius 1 is 0.941 bits per heavy atom. The van der Waals surface area contributed by atoms with Crippen molar-refractivity contribution in [3.63, 3.8) is 0 Å². The van der Waals surface area contributed by atoms with Crippen molar-refractivity contribution in [3.8, 4) is 0 Å². The first-order valence-corrected chi connectivity index (χ1v) is 11.9. The Balaban J connectivity index is 0.000000739. The summed E-state index contributed by atoms with van der Waals surface area (Å²) in [7, 11) is 3.56. The van der Waals surface area contributed by atoms with Gasteiger partial charge in [-0.25, -0.2) is 4.58 Å². The molecular weight excluding hydrogens is 452 g/mol. The quantitative estimate of drug-likeness (QED) is 0.493. The number of rotatable bonds is 6. The number of anilines is 1. The van der Waals surface area contributed by atoms with Gasteiger partial charge < -0.3 is 4.90 Å². The number of allylic oxidation sites excluding steroid dienone is 8. The molecule has 1 aliphatic rings. The second kappa shape index (κ2) is 12.9. The number of nitrogens with zero attached hydrogens (tertiary/aromatic N) is 2. The van der Waals surface area contributed by atoms with E-state index in [4.69, 9.17) is 18.6 Å². The third-order valence-electron chi connectivity index (χ3n) is 4.98. The fourth-order valence-corrected chi connectivity index (χ4v) is 3.14. The van der Waals surface area contributed by atoms with Crippen LogP contribution in [0.2, 0.25) is 0 Å². The summed E-state index contributed by atoms with van der Waals surface area (Å²) in [5, 5.41) is 0. The molecule has 0 saturated heterocycles. The van der Waals surface area contributed by atoms with Gasteiger partial charge in [0.1, 0.15) is 14.1 Å². The van der Waals surface area contributed by atoms with E-state index in [9.17, 15) is 0 Å². The van der Waals surface area contributed by atoms with Crippen LogP contribution in [0, 0.1) is 16.7 Å². The summed E-state index contributed by atoms with van der Waals surface area (Å²) in [6, 6.07) is 19.3. The van der Waals surface area contributed by atoms with Crippen molar-refractivity contribution in [3.05, 3.63) is 114 Å². The van der Waals surface area contributed by atoms with Crippen LogP contribution < -0.4 is 18.9 Å². The minimum Gasteiger partial charge on any atom is -0.378 e. The molecule has 0 aromatic heterocycles. The Morgan fingerprint density at radius 2 is 1.50 bits per heavy atom. The maximum atomic E-state index is 8.60. The molecule has 0 fully saturated rings. The minimum absolute atomic E-state index is 0.905. The van der Waals surface area contributed by atoms with Gasteiger partial charge >= 0.3 is 0 Å². The van der Waals surface area contributed by atoms with Crippen molar-refractivity contribution in [2.75, 3.05) is 33.1 Å². The molecule has 0 aliphatic heterocycles. The molecule has 0 atom stereocenters. The third kappa shape index (κ3) is 10.2. The summed E-state index contributed by atoms with van der Waals surface area (Å²) in [6.07, 6.45) is 16.2. The first kappa shape index (κ1) is 27.1. The zero-order chi connectivity index (χ0) is 25.1. The van der Waals surface area contributed by atoms with Crippen LogP contribution in [0.4, 0.5) is 5.69 Å². The van der Waals surface area contributed by atoms with Crippen molar-refractivity contribution in [2.45, 2.75) is 6.42 Å². The molecule has 0 bridgehead atoms. The van der Waals surface area contributed by atoms with E-state index < -0.39 is 10.2 Å². The molecule has 3 rings (SSSR count). The van der Waals surface area contributed by atoms with Gasteiger partial charge in [0.25, 0.3) is 0 Å². The molecule has 0 heterocycles. The highest BCUT2D eigenvalue weighted by Gasteiger charge is 2.03. The lowest BCUT2D eigenvalue weighted by molar-refractivity contribution is -1.92. The van der Waals surface area contributed by atoms with Crippen molar-refractivity contribution >= 4 is 17.0 Å². The van der Waals surface area contributed by atoms with Gasteiger partial charge in [0, 0.05) is 31.9 Å². The van der Waals surface area contributed by atoms with Crippen molar-refractivity contribution in [1.82, 2.24) is 0 Å². The number of benzene rings is 2. The minimum atomic E-state index is -4.69. The lowest BCUT2D eigenvalue weighted by atomic mass is 9.97. The third-order valence-corrected chi connectivity index (χ3v) is 4.98. The molecule has 0 saturated carbocycles. The van der Waals surface area contributed by atoms with Crippen LogP contribution in [0.25, 0.3) is 5.57 Å². The van der Waals surface area contributed by atoms with Crippen LogP contribution in [0.1, 0.15) is 11.1 Å². The molecule has 1 aliphatic carbocycles. The summed E-state index contributed by atoms with van der Waals surface area (Å²) < 4.78 is 34.8. The fourth-order valence-electron chi connectivity index (χ4n) is 3.14. The Hall–Kier alpha value is -3.13. The summed E-state index contributed by atoms with van der Waals surface area (Å²) in [6.45, 7) is 0. The summed E-state index contributed by atoms with van der Waals surface area (Å²) >= 11 is 0. The molecule has 180 valence electrons. The first-order chi connectivity index (χ1) is 16.0. The normalized spacial score (nSPS) is 13.2. The lowest BCUT2D eigenvalue weighted by Gasteiger charge is -2.18. The van der Waals surface area contributed by atoms with E-state index in [2.05, 4.69) is 135 Å². The summed E-state index contributed by atoms with van der Waals surface area (Å²) in [4.78, 5) is 2.12. The van der Waals surface area contributed by atoms with Crippen LogP contribution in [0.5, 0.6) is 0 Å². The van der Waals surface area contributed by atoms with E-state index >= 15 is 0 Å². The van der Waals surface area contributed by atoms with E-state index in [1.54, 1.807) is 0 Å². The second-order valence-corrected chi connectivity index (χ2v) is 8.80. The molecule has 0 spiro atoms. The molecule has 34 heavy (non-hydrogen) atoms. The zero-order valence-electron chi connectivity index (χ0n) is 19.9. The standard InChI is InChI=1S/C27H30N2.ClHO4/c1-28(2)26-18-12-22(13-19-26)10-16-25(24-8-6-5-7-9-24)17-11-23-14-20-27(21-15-23)29(3)4;2-1(3,4)5/h5-10,12-21H,11H2,1-4H3;(H,2,3,4,5). The predicted octanol–water partition coefficient (Wildman–Crippen LogP) is 1.22. The molecule has 1 N–H and O–H groups in total. The monoisotopic (exact) mass is 482 g/mol. The Kier molecular flexibility index (Phi) is 10.3. The molecule has 6 nitrogen and oxygen atoms in total. The van der Waals surface area contributed by atoms with E-state index in [0.717, 1.165) is 6.42 Å². The van der Waals surface area contributed by atoms with E-state index in [-0.39, 0.29) is 0 Å². The SMILES string of the molecule is CN(C)c1ccc(C[CH-]C(=CC=C2C=CC(=[N+](C)C)C=C2)c2ccccc2)cc1.[O-][Cl+3]([O-])([O-])O. The lowest BCUT2D eigenvalue weighted by Crippen LogP contribution is -2.58. The Bertz CT molecular complexity index is 1050. The molecule has 2 aromatic carbocycles. The highest BCUT2D eigenvalue weighted by molar-refractivity contribution is 6.02. The fraction of sp³-hybridized carbons (Fsp3) is 0.185. The Morgan fingerprint density at radius 3 is 2.00 bits per heavy atom. The van der Waals surface area contributed by atoms with Crippen molar-refractivity contribution in [2.24, 2.45) is 0 Å². The molecule has 0 amide bonds. The maximum Gasteiger partial charge on any atom is 0.199 e. The first-order valence-electron chi connectivity index (χ1n) is 10.6. The van der Waals surface area contributed by atoms with Gasteiger partial charge in [-0.1, -0.05) is 42.3 Å². The van der Waals surface area contributed by atoms with E-state index in [1.807, 2.05) is 0 Å². The van der Waals surface area contributed by atoms with Crippen LogP contribution >= 0.6 is 0 Å². The second-order valence-electron chi connectivity index (χ2n) is 8.01. The molecule has 0 radical (unpaired) electrons. The van der Waals surface area contributed by atoms with Gasteiger partial charge in [-0.05, 0) is 29.9 Å². The van der Waals surface area contributed by atoms with Gasteiger partial charge in [0.2, 0.25) is 0 Å². The van der Waals surface area contributed by atoms with Gasteiger partial charge in [0.05, 0.1) is 14.9 Å². The molecular formula is C27H31ClN2O4. The van der Waals surface area contributed by atoms with Gasteiger partial charge in [-0.15, -0.1) is 23.8 Å². The average molecular weight is 483 g/mol. The maximum absolute atomic E-state index is 8.60. The van der Waals surface area contributed by atoms with Crippen molar-refractivity contribution < 1.29 is 33.5 Å². The highest BCUT2D eigenvalue weighted by Crippen LogP contribution is 2.22.